The van der Waals surface area contributed by atoms with Crippen molar-refractivity contribution in [2.75, 3.05) is 0 Å². The number of nitrogens with two attached hydrogens (primary N) is 1. The molecular weight excluding hydrogens is 214 g/mol. The number of hydrogen-bond donors (Lipinski definition) is 2. The van der Waals surface area contributed by atoms with Gasteiger partial charge in [0, 0.05) is 18.4 Å². The number of rotatable bonds is 5. The van der Waals surface area contributed by atoms with Gasteiger partial charge in [0.25, 0.3) is 0 Å². The average molecular weight is 235 g/mol. The Morgan fingerprint density at radius 2 is 2.24 bits per heavy atom. The summed E-state index contributed by atoms with van der Waals surface area (Å²) in [5.41, 5.74) is 7.79. The monoisotopic (exact) mass is 235 g/mol. The summed E-state index contributed by atoms with van der Waals surface area (Å²) >= 11 is 0. The highest BCUT2D eigenvalue weighted by atomic mass is 16.2. The zero-order valence-electron chi connectivity index (χ0n) is 10.7. The first kappa shape index (κ1) is 13.6. The number of carbonyl (C=O) groups excluding carboxylic acids is 1. The van der Waals surface area contributed by atoms with Crippen molar-refractivity contribution in [2.45, 2.75) is 39.8 Å². The summed E-state index contributed by atoms with van der Waals surface area (Å²) in [6.07, 6.45) is 2.67. The molecule has 1 aromatic heterocycles. The van der Waals surface area contributed by atoms with Crippen LogP contribution >= 0.6 is 0 Å². The molecule has 1 amide bonds. The Morgan fingerprint density at radius 3 is 2.76 bits per heavy atom. The molecule has 94 valence electrons. The lowest BCUT2D eigenvalue weighted by molar-refractivity contribution is -0.123. The van der Waals surface area contributed by atoms with Crippen LogP contribution in [-0.4, -0.2) is 16.9 Å². The highest BCUT2D eigenvalue weighted by Gasteiger charge is 2.18. The van der Waals surface area contributed by atoms with Crippen LogP contribution in [0.25, 0.3) is 0 Å². The molecule has 0 aliphatic carbocycles. The van der Waals surface area contributed by atoms with Gasteiger partial charge in [0.05, 0.1) is 6.04 Å². The third kappa shape index (κ3) is 4.15. The van der Waals surface area contributed by atoms with Gasteiger partial charge in [-0.2, -0.15) is 0 Å². The summed E-state index contributed by atoms with van der Waals surface area (Å²) in [6, 6.07) is 3.45. The summed E-state index contributed by atoms with van der Waals surface area (Å²) < 4.78 is 0. The minimum Gasteiger partial charge on any atom is -0.351 e. The van der Waals surface area contributed by atoms with E-state index in [0.717, 1.165) is 17.7 Å². The van der Waals surface area contributed by atoms with Gasteiger partial charge < -0.3 is 11.1 Å². The number of pyridine rings is 1. The fraction of sp³-hybridized carbons (Fsp3) is 0.538. The van der Waals surface area contributed by atoms with Crippen molar-refractivity contribution in [3.05, 3.63) is 29.6 Å². The molecule has 0 saturated heterocycles. The lowest BCUT2D eigenvalue weighted by Gasteiger charge is -2.17. The molecule has 17 heavy (non-hydrogen) atoms. The Bertz CT molecular complexity index is 361. The van der Waals surface area contributed by atoms with E-state index in [2.05, 4.69) is 10.3 Å². The lowest BCUT2D eigenvalue weighted by atomic mass is 9.99. The van der Waals surface area contributed by atoms with Crippen LogP contribution in [0.3, 0.4) is 0 Å². The van der Waals surface area contributed by atoms with E-state index in [1.165, 1.54) is 0 Å². The molecule has 0 aliphatic heterocycles. The highest BCUT2D eigenvalue weighted by molar-refractivity contribution is 5.81. The maximum atomic E-state index is 11.7. The molecule has 4 nitrogen and oxygen atoms in total. The summed E-state index contributed by atoms with van der Waals surface area (Å²) in [6.45, 7) is 6.43. The third-order valence-corrected chi connectivity index (χ3v) is 3.00. The van der Waals surface area contributed by atoms with Crippen LogP contribution in [-0.2, 0) is 11.3 Å². The van der Waals surface area contributed by atoms with E-state index in [1.54, 1.807) is 6.20 Å². The summed E-state index contributed by atoms with van der Waals surface area (Å²) in [5, 5.41) is 2.83. The lowest BCUT2D eigenvalue weighted by Crippen LogP contribution is -2.44. The second-order valence-corrected chi connectivity index (χ2v) is 4.44. The van der Waals surface area contributed by atoms with Gasteiger partial charge in [-0.15, -0.1) is 0 Å². The van der Waals surface area contributed by atoms with E-state index in [1.807, 2.05) is 32.9 Å². The fourth-order valence-corrected chi connectivity index (χ4v) is 1.42. The molecule has 1 rings (SSSR count). The van der Waals surface area contributed by atoms with Crippen molar-refractivity contribution in [1.29, 1.82) is 0 Å². The maximum absolute atomic E-state index is 11.7. The van der Waals surface area contributed by atoms with Gasteiger partial charge in [0.2, 0.25) is 5.91 Å². The Balaban J connectivity index is 2.45. The normalized spacial score (nSPS) is 14.1. The van der Waals surface area contributed by atoms with E-state index < -0.39 is 6.04 Å². The van der Waals surface area contributed by atoms with E-state index in [4.69, 9.17) is 5.73 Å². The molecule has 0 aliphatic rings. The van der Waals surface area contributed by atoms with Gasteiger partial charge in [-0.05, 0) is 24.5 Å². The van der Waals surface area contributed by atoms with Crippen molar-refractivity contribution in [3.8, 4) is 0 Å². The molecule has 0 spiro atoms. The molecular formula is C13H21N3O. The van der Waals surface area contributed by atoms with Gasteiger partial charge >= 0.3 is 0 Å². The Hall–Kier alpha value is -1.42. The first-order valence-corrected chi connectivity index (χ1v) is 5.99. The SMILES string of the molecule is CCC(C)C(N)C(=O)NCc1ccc(C)nc1. The molecule has 1 aromatic rings. The molecule has 0 fully saturated rings. The van der Waals surface area contributed by atoms with Gasteiger partial charge in [-0.3, -0.25) is 9.78 Å². The van der Waals surface area contributed by atoms with Crippen molar-refractivity contribution in [3.63, 3.8) is 0 Å². The smallest absolute Gasteiger partial charge is 0.237 e. The van der Waals surface area contributed by atoms with E-state index in [9.17, 15) is 4.79 Å². The maximum Gasteiger partial charge on any atom is 0.237 e. The largest absolute Gasteiger partial charge is 0.351 e. The van der Waals surface area contributed by atoms with Gasteiger partial charge in [-0.25, -0.2) is 0 Å². The Kier molecular flexibility index (Phi) is 5.10. The minimum absolute atomic E-state index is 0.0973. The van der Waals surface area contributed by atoms with E-state index in [-0.39, 0.29) is 11.8 Å². The minimum atomic E-state index is -0.432. The Labute approximate surface area is 103 Å². The predicted molar refractivity (Wildman–Crippen MR) is 68.3 cm³/mol. The zero-order valence-corrected chi connectivity index (χ0v) is 10.7. The molecule has 2 unspecified atom stereocenters. The average Bonchev–Trinajstić information content (AvgIpc) is 2.35. The predicted octanol–water partition coefficient (Wildman–Crippen LogP) is 1.38. The number of carbonyl (C=O) groups is 1. The fourth-order valence-electron chi connectivity index (χ4n) is 1.42. The second kappa shape index (κ2) is 6.35. The van der Waals surface area contributed by atoms with Crippen molar-refractivity contribution < 1.29 is 4.79 Å². The zero-order chi connectivity index (χ0) is 12.8. The number of nitrogens with zero attached hydrogens (tertiary/aromatic N) is 1. The Morgan fingerprint density at radius 1 is 1.53 bits per heavy atom. The highest BCUT2D eigenvalue weighted by Crippen LogP contribution is 2.05. The molecule has 0 radical (unpaired) electrons. The van der Waals surface area contributed by atoms with Crippen LogP contribution in [0.15, 0.2) is 18.3 Å². The van der Waals surface area contributed by atoms with Crippen molar-refractivity contribution >= 4 is 5.91 Å². The van der Waals surface area contributed by atoms with Gasteiger partial charge in [0.1, 0.15) is 0 Å². The van der Waals surface area contributed by atoms with Crippen LogP contribution in [0.4, 0.5) is 0 Å². The van der Waals surface area contributed by atoms with Crippen molar-refractivity contribution in [2.24, 2.45) is 11.7 Å². The standard InChI is InChI=1S/C13H21N3O/c1-4-9(2)12(14)13(17)16-8-11-6-5-10(3)15-7-11/h5-7,9,12H,4,8,14H2,1-3H3,(H,16,17). The second-order valence-electron chi connectivity index (χ2n) is 4.44. The summed E-state index contributed by atoms with van der Waals surface area (Å²) in [5.74, 6) is 0.103. The topological polar surface area (TPSA) is 68.0 Å². The van der Waals surface area contributed by atoms with Crippen LogP contribution in [0, 0.1) is 12.8 Å². The number of amides is 1. The first-order chi connectivity index (χ1) is 8.04. The van der Waals surface area contributed by atoms with Crippen LogP contribution < -0.4 is 11.1 Å². The van der Waals surface area contributed by atoms with Crippen LogP contribution in [0.2, 0.25) is 0 Å². The van der Waals surface area contributed by atoms with Gasteiger partial charge in [-0.1, -0.05) is 26.3 Å². The van der Waals surface area contributed by atoms with Gasteiger partial charge in [0.15, 0.2) is 0 Å². The first-order valence-electron chi connectivity index (χ1n) is 5.99. The molecule has 0 aromatic carbocycles. The third-order valence-electron chi connectivity index (χ3n) is 3.00. The number of aromatic nitrogens is 1. The number of aryl methyl sites for hydroxylation is 1. The van der Waals surface area contributed by atoms with Crippen LogP contribution in [0.5, 0.6) is 0 Å². The van der Waals surface area contributed by atoms with Crippen LogP contribution in [0.1, 0.15) is 31.5 Å². The molecule has 4 heteroatoms. The quantitative estimate of drug-likeness (QED) is 0.810. The summed E-state index contributed by atoms with van der Waals surface area (Å²) in [4.78, 5) is 15.9. The molecule has 0 bridgehead atoms. The molecule has 3 N–H and O–H groups in total. The number of hydrogen-bond acceptors (Lipinski definition) is 3. The number of nitrogens with one attached hydrogen (secondary N) is 1. The van der Waals surface area contributed by atoms with E-state index in [0.29, 0.717) is 6.54 Å². The molecule has 1 heterocycles. The molecule has 0 saturated carbocycles. The van der Waals surface area contributed by atoms with E-state index >= 15 is 0 Å². The molecule has 2 atom stereocenters. The summed E-state index contributed by atoms with van der Waals surface area (Å²) in [7, 11) is 0. The van der Waals surface area contributed by atoms with Crippen molar-refractivity contribution in [1.82, 2.24) is 10.3 Å².